The van der Waals surface area contributed by atoms with E-state index in [9.17, 15) is 9.59 Å². The Morgan fingerprint density at radius 3 is 2.54 bits per heavy atom. The van der Waals surface area contributed by atoms with Crippen LogP contribution in [0.15, 0.2) is 24.3 Å². The van der Waals surface area contributed by atoms with Crippen LogP contribution < -0.4 is 4.74 Å². The van der Waals surface area contributed by atoms with E-state index in [2.05, 4.69) is 16.6 Å². The number of esters is 2. The van der Waals surface area contributed by atoms with Crippen LogP contribution in [0, 0.1) is 11.8 Å². The molecule has 0 N–H and O–H groups in total. The summed E-state index contributed by atoms with van der Waals surface area (Å²) >= 11 is 17.5. The molecular formula is C16H13Cl3O5. The molecule has 0 bridgehead atoms. The molecule has 0 aliphatic rings. The highest BCUT2D eigenvalue weighted by atomic mass is 35.5. The summed E-state index contributed by atoms with van der Waals surface area (Å²) in [6.07, 6.45) is 2.48. The van der Waals surface area contributed by atoms with Crippen LogP contribution in [0.2, 0.25) is 15.1 Å². The van der Waals surface area contributed by atoms with Gasteiger partial charge in [0.2, 0.25) is 0 Å². The first-order valence-corrected chi connectivity index (χ1v) is 7.82. The normalized spacial score (nSPS) is 10.0. The number of halogens is 3. The van der Waals surface area contributed by atoms with Gasteiger partial charge in [-0.25, -0.2) is 9.59 Å². The lowest BCUT2D eigenvalue weighted by Gasteiger charge is -2.08. The monoisotopic (exact) mass is 390 g/mol. The Bertz CT molecular complexity index is 689. The summed E-state index contributed by atoms with van der Waals surface area (Å²) < 4.78 is 14.7. The van der Waals surface area contributed by atoms with E-state index < -0.39 is 11.9 Å². The molecule has 0 spiro atoms. The Hall–Kier alpha value is -1.87. The molecular weight excluding hydrogens is 379 g/mol. The van der Waals surface area contributed by atoms with Crippen molar-refractivity contribution in [1.29, 1.82) is 0 Å². The lowest BCUT2D eigenvalue weighted by molar-refractivity contribution is -0.144. The van der Waals surface area contributed by atoms with E-state index in [1.165, 1.54) is 24.3 Å². The Morgan fingerprint density at radius 1 is 1.12 bits per heavy atom. The van der Waals surface area contributed by atoms with Crippen molar-refractivity contribution in [1.82, 2.24) is 0 Å². The summed E-state index contributed by atoms with van der Waals surface area (Å²) in [4.78, 5) is 22.5. The summed E-state index contributed by atoms with van der Waals surface area (Å²) in [7, 11) is 0. The number of carbonyl (C=O) groups excluding carboxylic acids is 2. The Kier molecular flexibility index (Phi) is 9.10. The van der Waals surface area contributed by atoms with Gasteiger partial charge in [0.25, 0.3) is 0 Å². The maximum absolute atomic E-state index is 11.5. The minimum absolute atomic E-state index is 0.148. The predicted molar refractivity (Wildman–Crippen MR) is 91.5 cm³/mol. The van der Waals surface area contributed by atoms with Crippen molar-refractivity contribution in [2.24, 2.45) is 0 Å². The smallest absolute Gasteiger partial charge is 0.345 e. The molecule has 24 heavy (non-hydrogen) atoms. The van der Waals surface area contributed by atoms with Crippen molar-refractivity contribution in [3.63, 3.8) is 0 Å². The molecule has 0 amide bonds. The van der Waals surface area contributed by atoms with Gasteiger partial charge in [0.05, 0.1) is 21.7 Å². The molecule has 0 fully saturated rings. The molecule has 0 heterocycles. The van der Waals surface area contributed by atoms with E-state index in [1.807, 2.05) is 0 Å². The van der Waals surface area contributed by atoms with E-state index in [-0.39, 0.29) is 40.6 Å². The van der Waals surface area contributed by atoms with Crippen LogP contribution in [-0.4, -0.2) is 31.8 Å². The lowest BCUT2D eigenvalue weighted by atomic mass is 10.3. The van der Waals surface area contributed by atoms with E-state index >= 15 is 0 Å². The Labute approximate surface area is 154 Å². The molecule has 0 aromatic heterocycles. The summed E-state index contributed by atoms with van der Waals surface area (Å²) in [5.74, 6) is 4.14. The SMILES string of the molecule is CCOC(=O)/C=C/C#CCOC(=O)COc1cc(Cl)c(Cl)cc1Cl. The third-order valence-corrected chi connectivity index (χ3v) is 3.33. The van der Waals surface area contributed by atoms with Crippen LogP contribution in [-0.2, 0) is 19.1 Å². The number of rotatable bonds is 6. The van der Waals surface area contributed by atoms with Crippen molar-refractivity contribution in [3.05, 3.63) is 39.4 Å². The quantitative estimate of drug-likeness (QED) is 0.320. The third-order valence-electron chi connectivity index (χ3n) is 2.32. The molecule has 0 aliphatic heterocycles. The highest BCUT2D eigenvalue weighted by molar-refractivity contribution is 6.43. The summed E-state index contributed by atoms with van der Waals surface area (Å²) in [5, 5.41) is 0.757. The van der Waals surface area contributed by atoms with Gasteiger partial charge < -0.3 is 14.2 Å². The molecule has 1 rings (SSSR count). The molecule has 1 aromatic rings. The first-order valence-electron chi connectivity index (χ1n) is 6.68. The van der Waals surface area contributed by atoms with Crippen LogP contribution >= 0.6 is 34.8 Å². The largest absolute Gasteiger partial charge is 0.480 e. The molecule has 0 aliphatic carbocycles. The van der Waals surface area contributed by atoms with Crippen LogP contribution in [0.5, 0.6) is 5.75 Å². The fourth-order valence-corrected chi connectivity index (χ4v) is 1.90. The van der Waals surface area contributed by atoms with E-state index in [1.54, 1.807) is 6.92 Å². The van der Waals surface area contributed by atoms with Gasteiger partial charge in [0, 0.05) is 12.1 Å². The summed E-state index contributed by atoms with van der Waals surface area (Å²) in [6, 6.07) is 2.81. The Balaban J connectivity index is 2.35. The molecule has 0 radical (unpaired) electrons. The second-order valence-corrected chi connectivity index (χ2v) is 5.27. The number of ether oxygens (including phenoxy) is 3. The van der Waals surface area contributed by atoms with Crippen LogP contribution in [0.1, 0.15) is 6.92 Å². The summed E-state index contributed by atoms with van der Waals surface area (Å²) in [6.45, 7) is 1.48. The predicted octanol–water partition coefficient (Wildman–Crippen LogP) is 3.69. The van der Waals surface area contributed by atoms with E-state index in [4.69, 9.17) is 44.3 Å². The molecule has 128 valence electrons. The van der Waals surface area contributed by atoms with Gasteiger partial charge >= 0.3 is 11.9 Å². The highest BCUT2D eigenvalue weighted by Crippen LogP contribution is 2.33. The average molecular weight is 392 g/mol. The molecule has 0 saturated carbocycles. The number of carbonyl (C=O) groups is 2. The zero-order valence-corrected chi connectivity index (χ0v) is 14.9. The van der Waals surface area contributed by atoms with Gasteiger partial charge in [-0.15, -0.1) is 0 Å². The Morgan fingerprint density at radius 2 is 1.83 bits per heavy atom. The van der Waals surface area contributed by atoms with Gasteiger partial charge in [0.15, 0.2) is 13.2 Å². The lowest BCUT2D eigenvalue weighted by Crippen LogP contribution is -2.15. The fourth-order valence-electron chi connectivity index (χ4n) is 1.31. The number of allylic oxidation sites excluding steroid dienone is 1. The first kappa shape index (κ1) is 20.2. The second kappa shape index (κ2) is 10.8. The van der Waals surface area contributed by atoms with Crippen molar-refractivity contribution >= 4 is 46.7 Å². The van der Waals surface area contributed by atoms with Gasteiger partial charge in [0.1, 0.15) is 5.75 Å². The molecule has 1 aromatic carbocycles. The second-order valence-electron chi connectivity index (χ2n) is 4.05. The average Bonchev–Trinajstić information content (AvgIpc) is 2.53. The minimum Gasteiger partial charge on any atom is -0.480 e. The zero-order valence-electron chi connectivity index (χ0n) is 12.6. The zero-order chi connectivity index (χ0) is 17.9. The van der Waals surface area contributed by atoms with Gasteiger partial charge in [-0.1, -0.05) is 46.6 Å². The molecule has 5 nitrogen and oxygen atoms in total. The van der Waals surface area contributed by atoms with Crippen LogP contribution in [0.4, 0.5) is 0 Å². The molecule has 0 atom stereocenters. The van der Waals surface area contributed by atoms with Gasteiger partial charge in [-0.05, 0) is 19.1 Å². The van der Waals surface area contributed by atoms with Crippen molar-refractivity contribution in [2.45, 2.75) is 6.92 Å². The number of benzene rings is 1. The maximum Gasteiger partial charge on any atom is 0.345 e. The number of hydrogen-bond acceptors (Lipinski definition) is 5. The first-order chi connectivity index (χ1) is 11.4. The van der Waals surface area contributed by atoms with Crippen molar-refractivity contribution in [3.8, 4) is 17.6 Å². The third kappa shape index (κ3) is 7.60. The highest BCUT2D eigenvalue weighted by Gasteiger charge is 2.09. The molecule has 8 heteroatoms. The van der Waals surface area contributed by atoms with Crippen molar-refractivity contribution < 1.29 is 23.8 Å². The molecule has 0 unspecified atom stereocenters. The van der Waals surface area contributed by atoms with Crippen LogP contribution in [0.25, 0.3) is 0 Å². The number of hydrogen-bond donors (Lipinski definition) is 0. The fraction of sp³-hybridized carbons (Fsp3) is 0.250. The molecule has 0 saturated heterocycles. The van der Waals surface area contributed by atoms with Gasteiger partial charge in [-0.2, -0.15) is 0 Å². The van der Waals surface area contributed by atoms with Crippen molar-refractivity contribution in [2.75, 3.05) is 19.8 Å². The summed E-state index contributed by atoms with van der Waals surface area (Å²) in [5.41, 5.74) is 0. The van der Waals surface area contributed by atoms with Crippen LogP contribution in [0.3, 0.4) is 0 Å². The van der Waals surface area contributed by atoms with E-state index in [0.29, 0.717) is 0 Å². The topological polar surface area (TPSA) is 61.8 Å². The standard InChI is InChI=1S/C16H13Cl3O5/c1-2-22-15(20)6-4-3-5-7-23-16(21)10-24-14-9-12(18)11(17)8-13(14)19/h4,6,8-9H,2,7,10H2,1H3/b6-4+. The van der Waals surface area contributed by atoms with Gasteiger partial charge in [-0.3, -0.25) is 0 Å². The minimum atomic E-state index is -0.638. The van der Waals surface area contributed by atoms with E-state index in [0.717, 1.165) is 0 Å². The maximum atomic E-state index is 11.5.